The number of thiophene rings is 1. The molecular weight excluding hydrogens is 596 g/mol. The number of rotatable bonds is 6. The number of carbonyl (C=O) groups is 1. The summed E-state index contributed by atoms with van der Waals surface area (Å²) in [5.74, 6) is 0.565. The second kappa shape index (κ2) is 11.1. The van der Waals surface area contributed by atoms with Crippen molar-refractivity contribution >= 4 is 78.4 Å². The van der Waals surface area contributed by atoms with Gasteiger partial charge in [0, 0.05) is 20.3 Å². The quantitative estimate of drug-likeness (QED) is 0.149. The van der Waals surface area contributed by atoms with Crippen molar-refractivity contribution in [1.82, 2.24) is 9.97 Å². The fourth-order valence-electron chi connectivity index (χ4n) is 4.60. The Kier molecular flexibility index (Phi) is 7.43. The highest BCUT2D eigenvalue weighted by Gasteiger charge is 2.34. The Morgan fingerprint density at radius 2 is 1.66 bits per heavy atom. The van der Waals surface area contributed by atoms with Crippen LogP contribution in [0.3, 0.4) is 0 Å². The van der Waals surface area contributed by atoms with E-state index in [2.05, 4.69) is 86.9 Å². The molecule has 1 amide bonds. The predicted octanol–water partition coefficient (Wildman–Crippen LogP) is 7.89. The Hall–Kier alpha value is -2.85. The number of anilines is 2. The number of benzene rings is 3. The van der Waals surface area contributed by atoms with Crippen LogP contribution >= 0.6 is 50.8 Å². The van der Waals surface area contributed by atoms with E-state index in [1.807, 2.05) is 36.0 Å². The van der Waals surface area contributed by atoms with Crippen LogP contribution in [0.5, 0.6) is 0 Å². The lowest BCUT2D eigenvalue weighted by atomic mass is 9.98. The summed E-state index contributed by atoms with van der Waals surface area (Å²) in [7, 11) is 0. The maximum atomic E-state index is 12.5. The number of thioether (sulfide) groups is 2. The zero-order valence-corrected chi connectivity index (χ0v) is 24.2. The summed E-state index contributed by atoms with van der Waals surface area (Å²) >= 11 is 8.38. The molecule has 5 nitrogen and oxygen atoms in total. The van der Waals surface area contributed by atoms with Gasteiger partial charge < -0.3 is 11.1 Å². The van der Waals surface area contributed by atoms with Crippen LogP contribution in [-0.4, -0.2) is 21.6 Å². The average Bonchev–Trinajstić information content (AvgIpc) is 3.32. The second-order valence-corrected chi connectivity index (χ2v) is 13.1. The molecule has 5 aromatic rings. The average molecular weight is 620 g/mol. The van der Waals surface area contributed by atoms with Crippen LogP contribution in [0.25, 0.3) is 10.2 Å². The maximum Gasteiger partial charge on any atom is 0.234 e. The molecule has 0 spiro atoms. The molecule has 190 valence electrons. The lowest BCUT2D eigenvalue weighted by molar-refractivity contribution is -0.113. The van der Waals surface area contributed by atoms with Gasteiger partial charge in [-0.3, -0.25) is 4.79 Å². The number of fused-ring (bicyclic) bond motifs is 3. The van der Waals surface area contributed by atoms with Gasteiger partial charge in [0.1, 0.15) is 10.6 Å². The van der Waals surface area contributed by atoms with Gasteiger partial charge in [0.05, 0.1) is 16.4 Å². The molecule has 6 rings (SSSR count). The third-order valence-electron chi connectivity index (χ3n) is 6.35. The first-order valence-electron chi connectivity index (χ1n) is 12.1. The van der Waals surface area contributed by atoms with E-state index in [1.54, 1.807) is 11.3 Å². The summed E-state index contributed by atoms with van der Waals surface area (Å²) in [6.07, 6.45) is 0.878. The zero-order valence-electron chi connectivity index (χ0n) is 20.1. The van der Waals surface area contributed by atoms with Gasteiger partial charge in [0.2, 0.25) is 5.91 Å². The van der Waals surface area contributed by atoms with Gasteiger partial charge in [0.15, 0.2) is 5.16 Å². The number of nitrogen functional groups attached to an aromatic ring is 1. The smallest absolute Gasteiger partial charge is 0.234 e. The number of carbonyl (C=O) groups excluding carboxylic acids is 1. The number of nitrogens with two attached hydrogens (primary N) is 1. The highest BCUT2D eigenvalue weighted by Crippen LogP contribution is 2.55. The van der Waals surface area contributed by atoms with E-state index >= 15 is 0 Å². The third kappa shape index (κ3) is 5.33. The first kappa shape index (κ1) is 25.4. The minimum absolute atomic E-state index is 0.115. The Morgan fingerprint density at radius 1 is 0.974 bits per heavy atom. The Labute approximate surface area is 241 Å². The Balaban J connectivity index is 1.30. The van der Waals surface area contributed by atoms with Crippen molar-refractivity contribution in [2.45, 2.75) is 22.1 Å². The van der Waals surface area contributed by atoms with Crippen LogP contribution in [0.1, 0.15) is 32.1 Å². The van der Waals surface area contributed by atoms with Gasteiger partial charge in [-0.25, -0.2) is 9.97 Å². The van der Waals surface area contributed by atoms with E-state index in [1.165, 1.54) is 33.3 Å². The van der Waals surface area contributed by atoms with Gasteiger partial charge in [-0.1, -0.05) is 88.4 Å². The molecule has 2 aromatic heterocycles. The largest absolute Gasteiger partial charge is 0.383 e. The molecule has 0 radical (unpaired) electrons. The molecule has 38 heavy (non-hydrogen) atoms. The number of hydrogen-bond donors (Lipinski definition) is 2. The normalized spacial score (nSPS) is 16.8. The number of nitrogens with one attached hydrogen (secondary N) is 1. The van der Waals surface area contributed by atoms with E-state index in [9.17, 15) is 4.79 Å². The molecule has 1 aliphatic heterocycles. The number of aromatic nitrogens is 2. The van der Waals surface area contributed by atoms with Crippen molar-refractivity contribution in [3.05, 3.63) is 111 Å². The van der Waals surface area contributed by atoms with Crippen LogP contribution in [0.4, 0.5) is 11.5 Å². The van der Waals surface area contributed by atoms with Crippen molar-refractivity contribution in [1.29, 1.82) is 0 Å². The molecule has 0 aliphatic carbocycles. The van der Waals surface area contributed by atoms with E-state index in [0.717, 1.165) is 26.8 Å². The van der Waals surface area contributed by atoms with Crippen molar-refractivity contribution in [3.63, 3.8) is 0 Å². The maximum absolute atomic E-state index is 12.5. The molecule has 0 bridgehead atoms. The van der Waals surface area contributed by atoms with Crippen LogP contribution in [0, 0.1) is 0 Å². The summed E-state index contributed by atoms with van der Waals surface area (Å²) < 4.78 is 0.962. The van der Waals surface area contributed by atoms with E-state index in [4.69, 9.17) is 10.7 Å². The van der Waals surface area contributed by atoms with Crippen LogP contribution in [0.2, 0.25) is 0 Å². The summed E-state index contributed by atoms with van der Waals surface area (Å²) in [4.78, 5) is 24.2. The molecule has 3 heterocycles. The zero-order chi connectivity index (χ0) is 26.1. The van der Waals surface area contributed by atoms with Crippen molar-refractivity contribution in [3.8, 4) is 0 Å². The Morgan fingerprint density at radius 3 is 2.37 bits per heavy atom. The number of amides is 1. The molecule has 3 N–H and O–H groups in total. The SMILES string of the molecule is Nc1nc(SCC(=O)Nc2ccc(Br)cc2)nc2sc3c(c12)C[C@H](c1ccccc1)S[C@H]3c1ccccc1. The molecule has 9 heteroatoms. The fraction of sp³-hybridized carbons (Fsp3) is 0.138. The molecule has 0 unspecified atom stereocenters. The van der Waals surface area contributed by atoms with Crippen molar-refractivity contribution in [2.24, 2.45) is 0 Å². The molecule has 0 saturated heterocycles. The van der Waals surface area contributed by atoms with Gasteiger partial charge in [-0.15, -0.1) is 23.1 Å². The minimum atomic E-state index is -0.115. The number of hydrogen-bond acceptors (Lipinski definition) is 7. The standard InChI is InChI=1S/C29H23BrN4OS3/c30-19-11-13-20(14-12-19)32-23(35)16-36-29-33-27(31)24-21-15-22(17-7-3-1-4-8-17)37-25(18-9-5-2-6-10-18)26(21)38-28(24)34-29/h1-14,22,25H,15-16H2,(H,32,35)(H2,31,33,34)/t22-,25+/m1/s1. The highest BCUT2D eigenvalue weighted by molar-refractivity contribution is 9.10. The molecule has 1 aliphatic rings. The second-order valence-electron chi connectivity index (χ2n) is 8.89. The first-order valence-corrected chi connectivity index (χ1v) is 15.6. The molecule has 0 saturated carbocycles. The highest BCUT2D eigenvalue weighted by atomic mass is 79.9. The molecular formula is C29H23BrN4OS3. The van der Waals surface area contributed by atoms with Crippen molar-refractivity contribution in [2.75, 3.05) is 16.8 Å². The van der Waals surface area contributed by atoms with E-state index < -0.39 is 0 Å². The lowest BCUT2D eigenvalue weighted by Gasteiger charge is -2.30. The topological polar surface area (TPSA) is 80.9 Å². The van der Waals surface area contributed by atoms with Crippen LogP contribution < -0.4 is 11.1 Å². The summed E-state index contributed by atoms with van der Waals surface area (Å²) in [5, 5.41) is 4.88. The third-order valence-corrected chi connectivity index (χ3v) is 10.6. The number of halogens is 1. The molecule has 0 fully saturated rings. The van der Waals surface area contributed by atoms with Gasteiger partial charge in [-0.05, 0) is 47.4 Å². The Bertz CT molecular complexity index is 1590. The molecule has 2 atom stereocenters. The van der Waals surface area contributed by atoms with Crippen LogP contribution in [0.15, 0.2) is 94.6 Å². The van der Waals surface area contributed by atoms with E-state index in [-0.39, 0.29) is 16.9 Å². The van der Waals surface area contributed by atoms with Gasteiger partial charge in [0.25, 0.3) is 0 Å². The van der Waals surface area contributed by atoms with E-state index in [0.29, 0.717) is 16.2 Å². The van der Waals surface area contributed by atoms with Gasteiger partial charge in [-0.2, -0.15) is 0 Å². The first-order chi connectivity index (χ1) is 18.5. The fourth-order valence-corrected chi connectivity index (χ4v) is 8.60. The van der Waals surface area contributed by atoms with Gasteiger partial charge >= 0.3 is 0 Å². The summed E-state index contributed by atoms with van der Waals surface area (Å²) in [6.45, 7) is 0. The number of nitrogens with zero attached hydrogens (tertiary/aromatic N) is 2. The summed E-state index contributed by atoms with van der Waals surface area (Å²) in [5.41, 5.74) is 11.1. The lowest BCUT2D eigenvalue weighted by Crippen LogP contribution is -2.14. The molecule has 3 aromatic carbocycles. The minimum Gasteiger partial charge on any atom is -0.383 e. The van der Waals surface area contributed by atoms with Crippen LogP contribution in [-0.2, 0) is 11.2 Å². The van der Waals surface area contributed by atoms with Crippen molar-refractivity contribution < 1.29 is 4.79 Å². The summed E-state index contributed by atoms with van der Waals surface area (Å²) in [6, 6.07) is 28.8. The monoisotopic (exact) mass is 618 g/mol. The predicted molar refractivity (Wildman–Crippen MR) is 164 cm³/mol.